The summed E-state index contributed by atoms with van der Waals surface area (Å²) in [7, 11) is 2.77. The summed E-state index contributed by atoms with van der Waals surface area (Å²) in [6.07, 6.45) is 0. The number of halogens is 1. The highest BCUT2D eigenvalue weighted by Gasteiger charge is 2.08. The van der Waals surface area contributed by atoms with Crippen LogP contribution in [0.25, 0.3) is 0 Å². The Bertz CT molecular complexity index is 477. The summed E-state index contributed by atoms with van der Waals surface area (Å²) in [6.45, 7) is -0.195. The van der Waals surface area contributed by atoms with Gasteiger partial charge in [-0.1, -0.05) is 0 Å². The van der Waals surface area contributed by atoms with Crippen LogP contribution in [0.2, 0.25) is 0 Å². The van der Waals surface area contributed by atoms with E-state index in [4.69, 9.17) is 26.8 Å². The minimum Gasteiger partial charge on any atom is -0.493 e. The molecule has 2 N–H and O–H groups in total. The van der Waals surface area contributed by atoms with Crippen molar-refractivity contribution >= 4 is 29.1 Å². The van der Waals surface area contributed by atoms with Gasteiger partial charge in [0, 0.05) is 6.07 Å². The van der Waals surface area contributed by atoms with E-state index < -0.39 is 5.97 Å². The van der Waals surface area contributed by atoms with E-state index in [1.54, 1.807) is 18.2 Å². The smallest absolute Gasteiger partial charge is 0.343 e. The number of esters is 1. The van der Waals surface area contributed by atoms with Crippen molar-refractivity contribution in [2.75, 3.05) is 26.7 Å². The molecule has 1 aromatic carbocycles. The number of amidine groups is 1. The average molecular weight is 287 g/mol. The van der Waals surface area contributed by atoms with E-state index >= 15 is 0 Å². The molecule has 0 spiro atoms. The van der Waals surface area contributed by atoms with Crippen molar-refractivity contribution < 1.29 is 19.0 Å². The van der Waals surface area contributed by atoms with E-state index in [9.17, 15) is 4.79 Å². The molecule has 0 amide bonds. The van der Waals surface area contributed by atoms with Crippen LogP contribution in [-0.4, -0.2) is 38.5 Å². The van der Waals surface area contributed by atoms with Crippen LogP contribution in [0.15, 0.2) is 23.2 Å². The van der Waals surface area contributed by atoms with E-state index in [0.717, 1.165) is 0 Å². The largest absolute Gasteiger partial charge is 0.493 e. The van der Waals surface area contributed by atoms with E-state index in [0.29, 0.717) is 23.0 Å². The van der Waals surface area contributed by atoms with Gasteiger partial charge in [-0.2, -0.15) is 0 Å². The maximum absolute atomic E-state index is 11.0. The van der Waals surface area contributed by atoms with Gasteiger partial charge in [-0.25, -0.2) is 9.79 Å². The number of hydrogen-bond acceptors (Lipinski definition) is 5. The predicted molar refractivity (Wildman–Crippen MR) is 72.5 cm³/mol. The molecule has 1 aromatic rings. The van der Waals surface area contributed by atoms with Crippen molar-refractivity contribution in [3.63, 3.8) is 0 Å². The van der Waals surface area contributed by atoms with Gasteiger partial charge in [-0.05, 0) is 12.1 Å². The van der Waals surface area contributed by atoms with Gasteiger partial charge in [0.15, 0.2) is 18.1 Å². The quantitative estimate of drug-likeness (QED) is 0.371. The molecule has 0 saturated carbocycles. The van der Waals surface area contributed by atoms with Crippen molar-refractivity contribution in [2.45, 2.75) is 0 Å². The number of alkyl halides is 1. The molecule has 104 valence electrons. The number of nitrogens with zero attached hydrogens (tertiary/aromatic N) is 1. The van der Waals surface area contributed by atoms with Crippen LogP contribution >= 0.6 is 11.6 Å². The standard InChI is InChI=1S/C12H15ClN2O4/c1-17-10-5-8(15-11(14)6-13)3-4-9(10)19-7-12(16)18-2/h3-5H,6-7H2,1-2H3,(H2,14,15). The first-order valence-electron chi connectivity index (χ1n) is 5.37. The summed E-state index contributed by atoms with van der Waals surface area (Å²) in [5, 5.41) is 0. The molecule has 6 nitrogen and oxygen atoms in total. The fraction of sp³-hybridized carbons (Fsp3) is 0.333. The van der Waals surface area contributed by atoms with Crippen molar-refractivity contribution in [3.8, 4) is 11.5 Å². The molecule has 7 heteroatoms. The monoisotopic (exact) mass is 286 g/mol. The number of rotatable bonds is 6. The highest BCUT2D eigenvalue weighted by molar-refractivity contribution is 6.28. The number of carbonyl (C=O) groups excluding carboxylic acids is 1. The number of aliphatic imine (C=N–C) groups is 1. The minimum absolute atomic E-state index is 0.142. The second-order valence-corrected chi connectivity index (χ2v) is 3.70. The predicted octanol–water partition coefficient (Wildman–Crippen LogP) is 1.47. The van der Waals surface area contributed by atoms with Crippen LogP contribution in [0.4, 0.5) is 5.69 Å². The average Bonchev–Trinajstić information content (AvgIpc) is 2.44. The van der Waals surface area contributed by atoms with E-state index in [1.165, 1.54) is 14.2 Å². The molecule has 0 aliphatic carbocycles. The third-order valence-electron chi connectivity index (χ3n) is 2.13. The number of carbonyl (C=O) groups is 1. The van der Waals surface area contributed by atoms with E-state index in [2.05, 4.69) is 9.73 Å². The Hall–Kier alpha value is -1.95. The summed E-state index contributed by atoms with van der Waals surface area (Å²) in [5.41, 5.74) is 6.12. The molecular formula is C12H15ClN2O4. The highest BCUT2D eigenvalue weighted by atomic mass is 35.5. The first kappa shape index (κ1) is 15.1. The Morgan fingerprint density at radius 1 is 1.37 bits per heavy atom. The van der Waals surface area contributed by atoms with Gasteiger partial charge in [0.25, 0.3) is 0 Å². The van der Waals surface area contributed by atoms with Gasteiger partial charge in [0.05, 0.1) is 25.8 Å². The molecule has 19 heavy (non-hydrogen) atoms. The minimum atomic E-state index is -0.476. The highest BCUT2D eigenvalue weighted by Crippen LogP contribution is 2.31. The van der Waals surface area contributed by atoms with Gasteiger partial charge >= 0.3 is 5.97 Å². The lowest BCUT2D eigenvalue weighted by Gasteiger charge is -2.10. The summed E-state index contributed by atoms with van der Waals surface area (Å²) < 4.78 is 14.9. The van der Waals surface area contributed by atoms with Crippen LogP contribution in [0.5, 0.6) is 11.5 Å². The maximum Gasteiger partial charge on any atom is 0.343 e. The Kier molecular flexibility index (Phi) is 5.95. The lowest BCUT2D eigenvalue weighted by atomic mass is 10.3. The Balaban J connectivity index is 2.87. The van der Waals surface area contributed by atoms with Crippen molar-refractivity contribution in [1.29, 1.82) is 0 Å². The maximum atomic E-state index is 11.0. The molecule has 0 aromatic heterocycles. The van der Waals surface area contributed by atoms with Crippen LogP contribution in [0.3, 0.4) is 0 Å². The molecule has 0 saturated heterocycles. The first-order chi connectivity index (χ1) is 9.10. The fourth-order valence-electron chi connectivity index (χ4n) is 1.24. The molecular weight excluding hydrogens is 272 g/mol. The molecule has 0 atom stereocenters. The van der Waals surface area contributed by atoms with Crippen LogP contribution < -0.4 is 15.2 Å². The normalized spacial score (nSPS) is 11.0. The summed E-state index contributed by atoms with van der Waals surface area (Å²) >= 11 is 5.54. The van der Waals surface area contributed by atoms with Crippen molar-refractivity contribution in [1.82, 2.24) is 0 Å². The molecule has 0 aliphatic rings. The number of methoxy groups -OCH3 is 2. The fourth-order valence-corrected chi connectivity index (χ4v) is 1.30. The molecule has 1 rings (SSSR count). The number of benzene rings is 1. The van der Waals surface area contributed by atoms with Crippen LogP contribution in [-0.2, 0) is 9.53 Å². The summed E-state index contributed by atoms with van der Waals surface area (Å²) in [4.78, 5) is 15.1. The second kappa shape index (κ2) is 7.48. The summed E-state index contributed by atoms with van der Waals surface area (Å²) in [6, 6.07) is 4.93. The van der Waals surface area contributed by atoms with Gasteiger partial charge in [-0.15, -0.1) is 11.6 Å². The SMILES string of the molecule is COC(=O)COc1ccc(N=C(N)CCl)cc1OC. The molecule has 0 fully saturated rings. The van der Waals surface area contributed by atoms with Crippen LogP contribution in [0.1, 0.15) is 0 Å². The van der Waals surface area contributed by atoms with Gasteiger partial charge in [0.2, 0.25) is 0 Å². The van der Waals surface area contributed by atoms with E-state index in [1.807, 2.05) is 0 Å². The molecule has 0 heterocycles. The van der Waals surface area contributed by atoms with Crippen molar-refractivity contribution in [3.05, 3.63) is 18.2 Å². The van der Waals surface area contributed by atoms with Gasteiger partial charge in [0.1, 0.15) is 5.84 Å². The third-order valence-corrected chi connectivity index (χ3v) is 2.40. The number of hydrogen-bond donors (Lipinski definition) is 1. The summed E-state index contributed by atoms with van der Waals surface area (Å²) in [5.74, 6) is 0.814. The number of ether oxygens (including phenoxy) is 3. The first-order valence-corrected chi connectivity index (χ1v) is 5.90. The van der Waals surface area contributed by atoms with Gasteiger partial charge in [-0.3, -0.25) is 0 Å². The molecule has 0 bridgehead atoms. The lowest BCUT2D eigenvalue weighted by Crippen LogP contribution is -2.13. The Morgan fingerprint density at radius 3 is 2.68 bits per heavy atom. The topological polar surface area (TPSA) is 83.1 Å². The lowest BCUT2D eigenvalue weighted by molar-refractivity contribution is -0.142. The van der Waals surface area contributed by atoms with Crippen molar-refractivity contribution in [2.24, 2.45) is 10.7 Å². The Morgan fingerprint density at radius 2 is 2.11 bits per heavy atom. The zero-order valence-electron chi connectivity index (χ0n) is 10.7. The zero-order valence-corrected chi connectivity index (χ0v) is 11.4. The second-order valence-electron chi connectivity index (χ2n) is 3.44. The molecule has 0 aliphatic heterocycles. The zero-order chi connectivity index (χ0) is 14.3. The Labute approximate surface area is 116 Å². The number of nitrogens with two attached hydrogens (primary N) is 1. The van der Waals surface area contributed by atoms with Crippen LogP contribution in [0, 0.1) is 0 Å². The van der Waals surface area contributed by atoms with Gasteiger partial charge < -0.3 is 19.9 Å². The molecule has 0 unspecified atom stereocenters. The third kappa shape index (κ3) is 4.67. The molecule has 0 radical (unpaired) electrons. The van der Waals surface area contributed by atoms with E-state index in [-0.39, 0.29) is 12.5 Å².